The molecule has 3 nitrogen and oxygen atoms in total. The second-order valence-electron chi connectivity index (χ2n) is 7.15. The van der Waals surface area contributed by atoms with Crippen LogP contribution in [0.2, 0.25) is 0 Å². The Kier molecular flexibility index (Phi) is 6.55. The molecule has 0 aliphatic carbocycles. The second-order valence-corrected chi connectivity index (χ2v) is 8.61. The van der Waals surface area contributed by atoms with Gasteiger partial charge in [0, 0.05) is 20.9 Å². The van der Waals surface area contributed by atoms with Gasteiger partial charge in [0.15, 0.2) is 5.78 Å². The fourth-order valence-corrected chi connectivity index (χ4v) is 4.10. The lowest BCUT2D eigenvalue weighted by atomic mass is 10.1. The first kappa shape index (κ1) is 20.9. The predicted octanol–water partition coefficient (Wildman–Crippen LogP) is 6.47. The molecule has 1 aromatic heterocycles. The highest BCUT2D eigenvalue weighted by atomic mass is 32.1. The van der Waals surface area contributed by atoms with Crippen LogP contribution in [0.3, 0.4) is 0 Å². The monoisotopic (exact) mass is 406 g/mol. The van der Waals surface area contributed by atoms with Crippen LogP contribution < -0.4 is 9.47 Å². The summed E-state index contributed by atoms with van der Waals surface area (Å²) >= 11 is 1.65. The van der Waals surface area contributed by atoms with Crippen LogP contribution in [0.15, 0.2) is 48.5 Å². The van der Waals surface area contributed by atoms with Gasteiger partial charge < -0.3 is 9.47 Å². The summed E-state index contributed by atoms with van der Waals surface area (Å²) in [5.74, 6) is 1.66. The van der Waals surface area contributed by atoms with Gasteiger partial charge in [-0.15, -0.1) is 11.3 Å². The Morgan fingerprint density at radius 3 is 2.48 bits per heavy atom. The smallest absolute Gasteiger partial charge is 0.186 e. The fraction of sp³-hybridized carbons (Fsp3) is 0.240. The number of thiophene rings is 1. The van der Waals surface area contributed by atoms with Crippen LogP contribution in [0.5, 0.6) is 11.5 Å². The van der Waals surface area contributed by atoms with Crippen LogP contribution in [-0.4, -0.2) is 12.9 Å². The molecule has 0 aliphatic rings. The van der Waals surface area contributed by atoms with Gasteiger partial charge in [-0.25, -0.2) is 0 Å². The van der Waals surface area contributed by atoms with Gasteiger partial charge in [-0.3, -0.25) is 4.79 Å². The Hall–Kier alpha value is -2.85. The molecule has 0 saturated carbocycles. The second kappa shape index (κ2) is 9.10. The number of benzene rings is 2. The Labute approximate surface area is 176 Å². The highest BCUT2D eigenvalue weighted by molar-refractivity contribution is 7.12. The number of aryl methyl sites for hydroxylation is 4. The zero-order valence-corrected chi connectivity index (χ0v) is 18.4. The number of ether oxygens (including phenoxy) is 2. The third kappa shape index (κ3) is 5.15. The van der Waals surface area contributed by atoms with Crippen LogP contribution in [0.4, 0.5) is 0 Å². The van der Waals surface area contributed by atoms with E-state index in [0.29, 0.717) is 6.61 Å². The molecule has 0 radical (unpaired) electrons. The maximum atomic E-state index is 12.5. The van der Waals surface area contributed by atoms with Crippen molar-refractivity contribution in [2.75, 3.05) is 7.11 Å². The third-order valence-electron chi connectivity index (χ3n) is 4.76. The molecular formula is C25H26O3S. The van der Waals surface area contributed by atoms with E-state index in [1.54, 1.807) is 24.5 Å². The van der Waals surface area contributed by atoms with Crippen molar-refractivity contribution in [1.82, 2.24) is 0 Å². The van der Waals surface area contributed by atoms with Crippen LogP contribution >= 0.6 is 11.3 Å². The molecule has 0 bridgehead atoms. The van der Waals surface area contributed by atoms with E-state index in [1.165, 1.54) is 0 Å². The molecule has 0 amide bonds. The van der Waals surface area contributed by atoms with Crippen molar-refractivity contribution < 1.29 is 14.3 Å². The van der Waals surface area contributed by atoms with E-state index < -0.39 is 0 Å². The summed E-state index contributed by atoms with van der Waals surface area (Å²) in [7, 11) is 1.65. The number of ketones is 1. The molecule has 4 heteroatoms. The fourth-order valence-electron chi connectivity index (χ4n) is 3.17. The molecule has 0 spiro atoms. The lowest BCUT2D eigenvalue weighted by Crippen LogP contribution is -2.01. The number of rotatable bonds is 7. The molecule has 0 atom stereocenters. The number of hydrogen-bond donors (Lipinski definition) is 0. The van der Waals surface area contributed by atoms with E-state index in [0.717, 1.165) is 49.1 Å². The van der Waals surface area contributed by atoms with Gasteiger partial charge in [-0.1, -0.05) is 24.3 Å². The number of allylic oxidation sites excluding steroid dienone is 1. The number of methoxy groups -OCH3 is 1. The van der Waals surface area contributed by atoms with Crippen molar-refractivity contribution in [3.05, 3.63) is 86.1 Å². The highest BCUT2D eigenvalue weighted by Crippen LogP contribution is 2.26. The Bertz CT molecular complexity index is 1060. The first-order valence-corrected chi connectivity index (χ1v) is 10.4. The summed E-state index contributed by atoms with van der Waals surface area (Å²) in [6.07, 6.45) is 3.47. The quantitative estimate of drug-likeness (QED) is 0.333. The van der Waals surface area contributed by atoms with E-state index in [1.807, 2.05) is 64.1 Å². The van der Waals surface area contributed by atoms with E-state index in [9.17, 15) is 4.79 Å². The van der Waals surface area contributed by atoms with Crippen molar-refractivity contribution >= 4 is 23.2 Å². The molecule has 0 N–H and O–H groups in total. The minimum absolute atomic E-state index is 0.0239. The van der Waals surface area contributed by atoms with Crippen LogP contribution in [-0.2, 0) is 6.61 Å². The lowest BCUT2D eigenvalue weighted by molar-refractivity contribution is 0.104. The molecule has 150 valence electrons. The molecule has 1 heterocycles. The molecule has 0 aliphatic heterocycles. The van der Waals surface area contributed by atoms with Crippen molar-refractivity contribution in [1.29, 1.82) is 0 Å². The molecule has 0 unspecified atom stereocenters. The maximum Gasteiger partial charge on any atom is 0.186 e. The average molecular weight is 407 g/mol. The van der Waals surface area contributed by atoms with Gasteiger partial charge in [0.2, 0.25) is 0 Å². The third-order valence-corrected chi connectivity index (χ3v) is 5.73. The molecule has 0 saturated heterocycles. The molecule has 0 fully saturated rings. The van der Waals surface area contributed by atoms with Crippen LogP contribution in [0.25, 0.3) is 6.08 Å². The SMILES string of the molecule is COc1ccc(/C=C/C(=O)c2cc(C)sc2C)cc1COc1cc(C)ccc1C. The summed E-state index contributed by atoms with van der Waals surface area (Å²) in [5.41, 5.74) is 4.90. The minimum Gasteiger partial charge on any atom is -0.496 e. The van der Waals surface area contributed by atoms with Gasteiger partial charge in [0.25, 0.3) is 0 Å². The van der Waals surface area contributed by atoms with Crippen molar-refractivity contribution in [3.8, 4) is 11.5 Å². The Morgan fingerprint density at radius 1 is 1.00 bits per heavy atom. The minimum atomic E-state index is 0.0239. The standard InChI is InChI=1S/C25H26O3S/c1-16-6-7-17(2)25(12-16)28-15-21-14-20(9-11-24(21)27-5)8-10-23(26)22-13-18(3)29-19(22)4/h6-14H,15H2,1-5H3/b10-8+. The topological polar surface area (TPSA) is 35.5 Å². The molecule has 2 aromatic carbocycles. The zero-order valence-electron chi connectivity index (χ0n) is 17.5. The van der Waals surface area contributed by atoms with Crippen LogP contribution in [0, 0.1) is 27.7 Å². The summed E-state index contributed by atoms with van der Waals surface area (Å²) in [6.45, 7) is 8.47. The predicted molar refractivity (Wildman–Crippen MR) is 120 cm³/mol. The summed E-state index contributed by atoms with van der Waals surface area (Å²) < 4.78 is 11.5. The van der Waals surface area contributed by atoms with Crippen LogP contribution in [0.1, 0.15) is 42.4 Å². The molecule has 29 heavy (non-hydrogen) atoms. The Balaban J connectivity index is 1.78. The summed E-state index contributed by atoms with van der Waals surface area (Å²) in [5, 5.41) is 0. The van der Waals surface area contributed by atoms with E-state index in [-0.39, 0.29) is 5.78 Å². The first-order valence-electron chi connectivity index (χ1n) is 9.54. The summed E-state index contributed by atoms with van der Waals surface area (Å²) in [4.78, 5) is 14.7. The lowest BCUT2D eigenvalue weighted by Gasteiger charge is -2.13. The van der Waals surface area contributed by atoms with Gasteiger partial charge >= 0.3 is 0 Å². The zero-order chi connectivity index (χ0) is 21.0. The highest BCUT2D eigenvalue weighted by Gasteiger charge is 2.10. The number of carbonyl (C=O) groups is 1. The largest absolute Gasteiger partial charge is 0.496 e. The normalized spacial score (nSPS) is 11.1. The van der Waals surface area contributed by atoms with Crippen molar-refractivity contribution in [2.24, 2.45) is 0 Å². The first-order chi connectivity index (χ1) is 13.9. The van der Waals surface area contributed by atoms with Crippen molar-refractivity contribution in [3.63, 3.8) is 0 Å². The molecule has 3 aromatic rings. The molecular weight excluding hydrogens is 380 g/mol. The maximum absolute atomic E-state index is 12.5. The van der Waals surface area contributed by atoms with Crippen molar-refractivity contribution in [2.45, 2.75) is 34.3 Å². The Morgan fingerprint density at radius 2 is 1.79 bits per heavy atom. The van der Waals surface area contributed by atoms with Gasteiger partial charge in [0.05, 0.1) is 7.11 Å². The molecule has 3 rings (SSSR count). The average Bonchev–Trinajstić information content (AvgIpc) is 3.05. The van der Waals surface area contributed by atoms with E-state index in [4.69, 9.17) is 9.47 Å². The van der Waals surface area contributed by atoms with E-state index in [2.05, 4.69) is 12.1 Å². The number of carbonyl (C=O) groups excluding carboxylic acids is 1. The van der Waals surface area contributed by atoms with Gasteiger partial charge in [-0.2, -0.15) is 0 Å². The van der Waals surface area contributed by atoms with Gasteiger partial charge in [0.1, 0.15) is 18.1 Å². The van der Waals surface area contributed by atoms with E-state index >= 15 is 0 Å². The number of hydrogen-bond acceptors (Lipinski definition) is 4. The van der Waals surface area contributed by atoms with Gasteiger partial charge in [-0.05, 0) is 74.7 Å². The summed E-state index contributed by atoms with van der Waals surface area (Å²) in [6, 6.07) is 14.0.